The zero-order chi connectivity index (χ0) is 12.7. The molecule has 0 aliphatic rings. The van der Waals surface area contributed by atoms with Gasteiger partial charge in [-0.3, -0.25) is 4.40 Å². The Kier molecular flexibility index (Phi) is 2.59. The van der Waals surface area contributed by atoms with Crippen LogP contribution < -0.4 is 5.73 Å². The summed E-state index contributed by atoms with van der Waals surface area (Å²) in [6.07, 6.45) is 1.05. The maximum Gasteiger partial charge on any atom is 0.196 e. The molecule has 0 saturated carbocycles. The number of benzene rings is 1. The molecule has 0 radical (unpaired) electrons. The molecule has 3 rings (SSSR count). The summed E-state index contributed by atoms with van der Waals surface area (Å²) in [5.74, 6) is 0.730. The predicted octanol–water partition coefficient (Wildman–Crippen LogP) is 3.52. The van der Waals surface area contributed by atoms with Crippen LogP contribution in [0.15, 0.2) is 29.6 Å². The molecule has 0 aliphatic heterocycles. The van der Waals surface area contributed by atoms with E-state index in [-0.39, 0.29) is 0 Å². The number of hydrogen-bond donors (Lipinski definition) is 1. The minimum Gasteiger partial charge on any atom is -0.383 e. The second kappa shape index (κ2) is 4.14. The highest BCUT2D eigenvalue weighted by Crippen LogP contribution is 2.30. The zero-order valence-electron chi connectivity index (χ0n) is 10.5. The highest BCUT2D eigenvalue weighted by Gasteiger charge is 2.13. The maximum atomic E-state index is 6.19. The summed E-state index contributed by atoms with van der Waals surface area (Å²) < 4.78 is 2.01. The Morgan fingerprint density at radius 1 is 1.28 bits per heavy atom. The zero-order valence-corrected chi connectivity index (χ0v) is 11.3. The molecule has 0 spiro atoms. The Balaban J connectivity index is 2.15. The lowest BCUT2D eigenvalue weighted by Crippen LogP contribution is -1.94. The van der Waals surface area contributed by atoms with Crippen LogP contribution in [-0.4, -0.2) is 9.38 Å². The van der Waals surface area contributed by atoms with Crippen LogP contribution in [0.5, 0.6) is 0 Å². The van der Waals surface area contributed by atoms with Crippen LogP contribution in [0.1, 0.15) is 18.2 Å². The van der Waals surface area contributed by atoms with Crippen LogP contribution in [0, 0.1) is 6.92 Å². The van der Waals surface area contributed by atoms with Crippen molar-refractivity contribution in [2.45, 2.75) is 20.3 Å². The van der Waals surface area contributed by atoms with E-state index in [0.29, 0.717) is 0 Å². The molecule has 2 heterocycles. The number of aryl methyl sites for hydroxylation is 2. The van der Waals surface area contributed by atoms with E-state index >= 15 is 0 Å². The number of nitrogens with zero attached hydrogens (tertiary/aromatic N) is 2. The first-order chi connectivity index (χ1) is 8.70. The van der Waals surface area contributed by atoms with Gasteiger partial charge in [-0.1, -0.05) is 31.2 Å². The Hall–Kier alpha value is -1.81. The van der Waals surface area contributed by atoms with Crippen molar-refractivity contribution >= 4 is 22.1 Å². The fraction of sp³-hybridized carbons (Fsp3) is 0.214. The molecular formula is C14H15N3S. The van der Waals surface area contributed by atoms with E-state index < -0.39 is 0 Å². The third-order valence-electron chi connectivity index (χ3n) is 3.21. The summed E-state index contributed by atoms with van der Waals surface area (Å²) in [6.45, 7) is 4.20. The SMILES string of the molecule is CCc1ccc(-c2nc3scc(C)n3c2N)cc1. The van der Waals surface area contributed by atoms with E-state index in [1.54, 1.807) is 11.3 Å². The third kappa shape index (κ3) is 1.61. The Morgan fingerprint density at radius 2 is 2.00 bits per heavy atom. The van der Waals surface area contributed by atoms with Crippen LogP contribution in [-0.2, 0) is 6.42 Å². The topological polar surface area (TPSA) is 43.3 Å². The van der Waals surface area contributed by atoms with E-state index in [0.717, 1.165) is 34.2 Å². The largest absolute Gasteiger partial charge is 0.383 e. The smallest absolute Gasteiger partial charge is 0.196 e. The van der Waals surface area contributed by atoms with Crippen LogP contribution in [0.3, 0.4) is 0 Å². The Labute approximate surface area is 110 Å². The first-order valence-electron chi connectivity index (χ1n) is 6.02. The van der Waals surface area contributed by atoms with Crippen molar-refractivity contribution in [3.63, 3.8) is 0 Å². The molecule has 4 heteroatoms. The molecule has 0 unspecified atom stereocenters. The second-order valence-electron chi connectivity index (χ2n) is 4.39. The van der Waals surface area contributed by atoms with Crippen molar-refractivity contribution in [3.05, 3.63) is 40.9 Å². The first-order valence-corrected chi connectivity index (χ1v) is 6.90. The van der Waals surface area contributed by atoms with Gasteiger partial charge < -0.3 is 5.73 Å². The average molecular weight is 257 g/mol. The minimum atomic E-state index is 0.730. The predicted molar refractivity (Wildman–Crippen MR) is 77.0 cm³/mol. The van der Waals surface area contributed by atoms with E-state index in [4.69, 9.17) is 5.73 Å². The molecule has 0 aliphatic carbocycles. The molecule has 2 aromatic heterocycles. The number of aromatic nitrogens is 2. The van der Waals surface area contributed by atoms with Crippen molar-refractivity contribution in [1.29, 1.82) is 0 Å². The molecule has 0 saturated heterocycles. The van der Waals surface area contributed by atoms with Crippen molar-refractivity contribution < 1.29 is 0 Å². The lowest BCUT2D eigenvalue weighted by Gasteiger charge is -2.01. The normalized spacial score (nSPS) is 11.2. The van der Waals surface area contributed by atoms with E-state index in [1.807, 2.05) is 11.3 Å². The van der Waals surface area contributed by atoms with Gasteiger partial charge in [0, 0.05) is 16.6 Å². The number of hydrogen-bond acceptors (Lipinski definition) is 3. The second-order valence-corrected chi connectivity index (χ2v) is 5.23. The molecule has 0 bridgehead atoms. The van der Waals surface area contributed by atoms with Crippen molar-refractivity contribution in [1.82, 2.24) is 9.38 Å². The van der Waals surface area contributed by atoms with Crippen LogP contribution >= 0.6 is 11.3 Å². The van der Waals surface area contributed by atoms with Gasteiger partial charge in [-0.2, -0.15) is 0 Å². The van der Waals surface area contributed by atoms with Gasteiger partial charge in [-0.15, -0.1) is 11.3 Å². The lowest BCUT2D eigenvalue weighted by molar-refractivity contribution is 1.14. The number of imidazole rings is 1. The summed E-state index contributed by atoms with van der Waals surface area (Å²) in [4.78, 5) is 5.57. The van der Waals surface area contributed by atoms with Gasteiger partial charge in [0.1, 0.15) is 11.5 Å². The minimum absolute atomic E-state index is 0.730. The van der Waals surface area contributed by atoms with Gasteiger partial charge in [0.15, 0.2) is 4.96 Å². The quantitative estimate of drug-likeness (QED) is 0.763. The number of thiazole rings is 1. The summed E-state index contributed by atoms with van der Waals surface area (Å²) in [5, 5.41) is 2.07. The molecule has 2 N–H and O–H groups in total. The molecule has 3 aromatic rings. The summed E-state index contributed by atoms with van der Waals surface area (Å²) in [6, 6.07) is 8.46. The number of nitrogen functional groups attached to an aromatic ring is 1. The fourth-order valence-corrected chi connectivity index (χ4v) is 3.01. The molecule has 0 fully saturated rings. The Bertz CT molecular complexity index is 692. The average Bonchev–Trinajstić information content (AvgIpc) is 2.92. The molecular weight excluding hydrogens is 242 g/mol. The van der Waals surface area contributed by atoms with E-state index in [1.165, 1.54) is 5.56 Å². The molecule has 3 nitrogen and oxygen atoms in total. The van der Waals surface area contributed by atoms with Crippen molar-refractivity contribution in [2.24, 2.45) is 0 Å². The van der Waals surface area contributed by atoms with Gasteiger partial charge in [-0.05, 0) is 18.9 Å². The van der Waals surface area contributed by atoms with Crippen LogP contribution in [0.2, 0.25) is 0 Å². The molecule has 92 valence electrons. The molecule has 0 atom stereocenters. The highest BCUT2D eigenvalue weighted by atomic mass is 32.1. The lowest BCUT2D eigenvalue weighted by atomic mass is 10.1. The van der Waals surface area contributed by atoms with Crippen LogP contribution in [0.4, 0.5) is 5.82 Å². The first kappa shape index (κ1) is 11.3. The number of fused-ring (bicyclic) bond motifs is 1. The van der Waals surface area contributed by atoms with Crippen molar-refractivity contribution in [2.75, 3.05) is 5.73 Å². The van der Waals surface area contributed by atoms with Gasteiger partial charge in [-0.25, -0.2) is 4.98 Å². The van der Waals surface area contributed by atoms with Gasteiger partial charge in [0.25, 0.3) is 0 Å². The molecule has 18 heavy (non-hydrogen) atoms. The number of rotatable bonds is 2. The summed E-state index contributed by atoms with van der Waals surface area (Å²) >= 11 is 1.62. The standard InChI is InChI=1S/C14H15N3S/c1-3-10-4-6-11(7-5-10)12-13(15)17-9(2)8-18-14(17)16-12/h4-8H,3,15H2,1-2H3. The van der Waals surface area contributed by atoms with Gasteiger partial charge in [0.2, 0.25) is 0 Å². The maximum absolute atomic E-state index is 6.19. The fourth-order valence-electron chi connectivity index (χ4n) is 2.13. The summed E-state index contributed by atoms with van der Waals surface area (Å²) in [7, 11) is 0. The van der Waals surface area contributed by atoms with Gasteiger partial charge in [0.05, 0.1) is 0 Å². The number of anilines is 1. The molecule has 0 amide bonds. The van der Waals surface area contributed by atoms with E-state index in [2.05, 4.69) is 41.6 Å². The third-order valence-corrected chi connectivity index (χ3v) is 4.15. The highest BCUT2D eigenvalue weighted by molar-refractivity contribution is 7.15. The molecule has 1 aromatic carbocycles. The number of nitrogens with two attached hydrogens (primary N) is 1. The van der Waals surface area contributed by atoms with Crippen LogP contribution in [0.25, 0.3) is 16.2 Å². The van der Waals surface area contributed by atoms with E-state index in [9.17, 15) is 0 Å². The Morgan fingerprint density at radius 3 is 2.61 bits per heavy atom. The summed E-state index contributed by atoms with van der Waals surface area (Å²) in [5.41, 5.74) is 10.6. The van der Waals surface area contributed by atoms with Crippen molar-refractivity contribution in [3.8, 4) is 11.3 Å². The van der Waals surface area contributed by atoms with Gasteiger partial charge >= 0.3 is 0 Å². The monoisotopic (exact) mass is 257 g/mol.